The first kappa shape index (κ1) is 17.9. The zero-order chi connectivity index (χ0) is 18.5. The van der Waals surface area contributed by atoms with E-state index < -0.39 is 0 Å². The van der Waals surface area contributed by atoms with Crippen molar-refractivity contribution in [3.05, 3.63) is 46.5 Å². The van der Waals surface area contributed by atoms with E-state index in [0.29, 0.717) is 17.8 Å². The summed E-state index contributed by atoms with van der Waals surface area (Å²) < 4.78 is 0. The minimum Gasteiger partial charge on any atom is -0.269 e. The lowest BCUT2D eigenvalue weighted by molar-refractivity contribution is -0.141. The predicted octanol–water partition coefficient (Wildman–Crippen LogP) is 4.73. The first-order chi connectivity index (χ1) is 11.7. The summed E-state index contributed by atoms with van der Waals surface area (Å²) in [6, 6.07) is 4.48. The summed E-state index contributed by atoms with van der Waals surface area (Å²) in [6.45, 7) is 13.3. The van der Waals surface area contributed by atoms with Crippen LogP contribution in [0.3, 0.4) is 0 Å². The normalized spacial score (nSPS) is 22.8. The highest BCUT2D eigenvalue weighted by molar-refractivity contribution is 6.13. The van der Waals surface area contributed by atoms with Gasteiger partial charge in [0.2, 0.25) is 0 Å². The smallest absolute Gasteiger partial charge is 0.254 e. The molecule has 0 saturated carbocycles. The SMILES string of the molecule is CC(C)c1cc2c(cc1C(C)C)[C@@H](N1C(=O)C=CC1=O)[C@H](C(C)C)C2. The van der Waals surface area contributed by atoms with Crippen molar-refractivity contribution >= 4 is 11.8 Å². The third-order valence-corrected chi connectivity index (χ3v) is 5.75. The van der Waals surface area contributed by atoms with Gasteiger partial charge in [-0.05, 0) is 52.3 Å². The molecule has 1 aromatic rings. The third-order valence-electron chi connectivity index (χ3n) is 5.75. The summed E-state index contributed by atoms with van der Waals surface area (Å²) in [7, 11) is 0. The van der Waals surface area contributed by atoms with E-state index in [1.54, 1.807) is 0 Å². The molecule has 0 N–H and O–H groups in total. The number of amides is 2. The van der Waals surface area contributed by atoms with Crippen molar-refractivity contribution < 1.29 is 9.59 Å². The molecule has 0 bridgehead atoms. The quantitative estimate of drug-likeness (QED) is 0.744. The van der Waals surface area contributed by atoms with Crippen LogP contribution in [-0.2, 0) is 16.0 Å². The fraction of sp³-hybridized carbons (Fsp3) is 0.545. The predicted molar refractivity (Wildman–Crippen MR) is 100 cm³/mol. The summed E-state index contributed by atoms with van der Waals surface area (Å²) in [5.41, 5.74) is 5.23. The highest BCUT2D eigenvalue weighted by atomic mass is 16.2. The highest BCUT2D eigenvalue weighted by Gasteiger charge is 2.43. The molecular formula is C22H29NO2. The summed E-state index contributed by atoms with van der Waals surface area (Å²) in [5.74, 6) is 1.23. The molecule has 2 atom stereocenters. The minimum atomic E-state index is -0.174. The molecule has 1 aliphatic carbocycles. The number of hydrogen-bond donors (Lipinski definition) is 0. The fourth-order valence-corrected chi connectivity index (χ4v) is 4.36. The Kier molecular flexibility index (Phi) is 4.61. The molecule has 0 fully saturated rings. The van der Waals surface area contributed by atoms with Crippen LogP contribution in [0.1, 0.15) is 81.7 Å². The van der Waals surface area contributed by atoms with Crippen molar-refractivity contribution in [2.24, 2.45) is 11.8 Å². The van der Waals surface area contributed by atoms with Crippen LogP contribution in [0.15, 0.2) is 24.3 Å². The van der Waals surface area contributed by atoms with Gasteiger partial charge in [-0.3, -0.25) is 14.5 Å². The molecule has 1 aliphatic heterocycles. The summed E-state index contributed by atoms with van der Waals surface area (Å²) >= 11 is 0. The molecule has 2 aliphatic rings. The zero-order valence-electron chi connectivity index (χ0n) is 16.2. The van der Waals surface area contributed by atoms with Gasteiger partial charge in [-0.15, -0.1) is 0 Å². The van der Waals surface area contributed by atoms with Gasteiger partial charge in [0.1, 0.15) is 0 Å². The molecule has 25 heavy (non-hydrogen) atoms. The van der Waals surface area contributed by atoms with Crippen LogP contribution in [0.4, 0.5) is 0 Å². The van der Waals surface area contributed by atoms with E-state index in [1.807, 2.05) is 0 Å². The molecule has 3 nitrogen and oxygen atoms in total. The molecule has 3 rings (SSSR count). The number of fused-ring (bicyclic) bond motifs is 1. The first-order valence-corrected chi connectivity index (χ1v) is 9.44. The topological polar surface area (TPSA) is 37.4 Å². The minimum absolute atomic E-state index is 0.135. The van der Waals surface area contributed by atoms with Crippen LogP contribution < -0.4 is 0 Å². The van der Waals surface area contributed by atoms with Gasteiger partial charge in [0.15, 0.2) is 0 Å². The molecule has 0 saturated heterocycles. The van der Waals surface area contributed by atoms with E-state index >= 15 is 0 Å². The Labute approximate surface area is 151 Å². The summed E-state index contributed by atoms with van der Waals surface area (Å²) in [4.78, 5) is 26.2. The first-order valence-electron chi connectivity index (χ1n) is 9.44. The third kappa shape index (κ3) is 2.94. The Morgan fingerprint density at radius 2 is 1.40 bits per heavy atom. The van der Waals surface area contributed by atoms with Crippen LogP contribution in [0, 0.1) is 11.8 Å². The Morgan fingerprint density at radius 3 is 1.88 bits per heavy atom. The number of benzene rings is 1. The van der Waals surface area contributed by atoms with Gasteiger partial charge >= 0.3 is 0 Å². The summed E-state index contributed by atoms with van der Waals surface area (Å²) in [5, 5.41) is 0. The lowest BCUT2D eigenvalue weighted by atomic mass is 9.86. The van der Waals surface area contributed by atoms with Crippen LogP contribution in [0.2, 0.25) is 0 Å². The second-order valence-corrected chi connectivity index (χ2v) is 8.43. The average molecular weight is 339 g/mol. The number of rotatable bonds is 4. The van der Waals surface area contributed by atoms with E-state index in [0.717, 1.165) is 6.42 Å². The van der Waals surface area contributed by atoms with Crippen molar-refractivity contribution in [3.8, 4) is 0 Å². The second kappa shape index (κ2) is 6.44. The number of imide groups is 1. The molecule has 0 radical (unpaired) electrons. The number of carbonyl (C=O) groups excluding carboxylic acids is 2. The van der Waals surface area contributed by atoms with E-state index in [-0.39, 0.29) is 23.8 Å². The standard InChI is InChI=1S/C22H29NO2/c1-12(2)16-9-15-10-18(14(5)6)22(19(15)11-17(16)13(3)4)23-20(24)7-8-21(23)25/h7-9,11-14,18,22H,10H2,1-6H3/t18-,22-/m0/s1. The van der Waals surface area contributed by atoms with E-state index in [4.69, 9.17) is 0 Å². The average Bonchev–Trinajstić information content (AvgIpc) is 3.05. The number of hydrogen-bond acceptors (Lipinski definition) is 2. The summed E-state index contributed by atoms with van der Waals surface area (Å²) in [6.07, 6.45) is 3.75. The van der Waals surface area contributed by atoms with E-state index in [2.05, 4.69) is 53.7 Å². The maximum atomic E-state index is 12.4. The van der Waals surface area contributed by atoms with Crippen molar-refractivity contribution in [1.29, 1.82) is 0 Å². The zero-order valence-corrected chi connectivity index (χ0v) is 16.2. The monoisotopic (exact) mass is 339 g/mol. The molecular weight excluding hydrogens is 310 g/mol. The number of nitrogens with zero attached hydrogens (tertiary/aromatic N) is 1. The van der Waals surface area contributed by atoms with E-state index in [9.17, 15) is 9.59 Å². The maximum Gasteiger partial charge on any atom is 0.254 e. The van der Waals surface area contributed by atoms with Gasteiger partial charge in [-0.2, -0.15) is 0 Å². The van der Waals surface area contributed by atoms with Gasteiger partial charge < -0.3 is 0 Å². The largest absolute Gasteiger partial charge is 0.269 e. The molecule has 3 heteroatoms. The van der Waals surface area contributed by atoms with Crippen molar-refractivity contribution in [2.75, 3.05) is 0 Å². The van der Waals surface area contributed by atoms with Crippen LogP contribution in [0.5, 0.6) is 0 Å². The van der Waals surface area contributed by atoms with Crippen molar-refractivity contribution in [2.45, 2.75) is 65.8 Å². The molecule has 2 amide bonds. The Hall–Kier alpha value is -1.90. The fourth-order valence-electron chi connectivity index (χ4n) is 4.36. The second-order valence-electron chi connectivity index (χ2n) is 8.43. The van der Waals surface area contributed by atoms with Gasteiger partial charge in [-0.25, -0.2) is 0 Å². The number of carbonyl (C=O) groups is 2. The van der Waals surface area contributed by atoms with Crippen molar-refractivity contribution in [1.82, 2.24) is 4.90 Å². The van der Waals surface area contributed by atoms with E-state index in [1.165, 1.54) is 39.3 Å². The highest BCUT2D eigenvalue weighted by Crippen LogP contribution is 2.47. The van der Waals surface area contributed by atoms with Crippen LogP contribution >= 0.6 is 0 Å². The molecule has 0 aromatic heterocycles. The van der Waals surface area contributed by atoms with Gasteiger partial charge in [-0.1, -0.05) is 53.7 Å². The maximum absolute atomic E-state index is 12.4. The van der Waals surface area contributed by atoms with Crippen molar-refractivity contribution in [3.63, 3.8) is 0 Å². The lowest BCUT2D eigenvalue weighted by Gasteiger charge is -2.31. The molecule has 0 unspecified atom stereocenters. The Bertz CT molecular complexity index is 725. The van der Waals surface area contributed by atoms with Gasteiger partial charge in [0.05, 0.1) is 6.04 Å². The van der Waals surface area contributed by atoms with Crippen LogP contribution in [0.25, 0.3) is 0 Å². The van der Waals surface area contributed by atoms with Gasteiger partial charge in [0.25, 0.3) is 11.8 Å². The molecule has 1 heterocycles. The Balaban J connectivity index is 2.15. The molecule has 134 valence electrons. The molecule has 0 spiro atoms. The molecule has 1 aromatic carbocycles. The van der Waals surface area contributed by atoms with Crippen LogP contribution in [-0.4, -0.2) is 16.7 Å². The van der Waals surface area contributed by atoms with Gasteiger partial charge in [0, 0.05) is 12.2 Å². The lowest BCUT2D eigenvalue weighted by Crippen LogP contribution is -2.38. The Morgan fingerprint density at radius 1 is 0.880 bits per heavy atom.